The van der Waals surface area contributed by atoms with Crippen LogP contribution in [0.4, 0.5) is 4.79 Å². The molecule has 0 radical (unpaired) electrons. The fourth-order valence-electron chi connectivity index (χ4n) is 4.24. The van der Waals surface area contributed by atoms with E-state index in [1.54, 1.807) is 0 Å². The van der Waals surface area contributed by atoms with E-state index in [-0.39, 0.29) is 11.5 Å². The van der Waals surface area contributed by atoms with E-state index in [0.717, 1.165) is 57.1 Å². The summed E-state index contributed by atoms with van der Waals surface area (Å²) in [4.78, 5) is 11.3. The Bertz CT molecular complexity index is 495. The number of allylic oxidation sites excluding steroid dienone is 3. The van der Waals surface area contributed by atoms with Crippen molar-refractivity contribution >= 4 is 6.03 Å². The van der Waals surface area contributed by atoms with Crippen molar-refractivity contribution in [3.05, 3.63) is 24.0 Å². The molecule has 0 heterocycles. The van der Waals surface area contributed by atoms with Crippen LogP contribution in [0.1, 0.15) is 65.2 Å². The Kier molecular flexibility index (Phi) is 7.36. The Balaban J connectivity index is 2.11. The summed E-state index contributed by atoms with van der Waals surface area (Å²) >= 11 is 0. The molecule has 5 nitrogen and oxygen atoms in total. The molecule has 1 saturated carbocycles. The minimum Gasteiger partial charge on any atom is -0.495 e. The second-order valence-electron chi connectivity index (χ2n) is 7.67. The quantitative estimate of drug-likeness (QED) is 0.625. The van der Waals surface area contributed by atoms with Crippen LogP contribution in [0.5, 0.6) is 0 Å². The first kappa shape index (κ1) is 19.8. The molecule has 2 unspecified atom stereocenters. The third kappa shape index (κ3) is 5.50. The smallest absolute Gasteiger partial charge is 0.312 e. The largest absolute Gasteiger partial charge is 0.495 e. The van der Waals surface area contributed by atoms with Crippen molar-refractivity contribution in [1.29, 1.82) is 0 Å². The molecular weight excluding hydrogens is 314 g/mol. The van der Waals surface area contributed by atoms with Crippen molar-refractivity contribution in [2.45, 2.75) is 77.4 Å². The van der Waals surface area contributed by atoms with Crippen LogP contribution in [0.3, 0.4) is 0 Å². The molecule has 25 heavy (non-hydrogen) atoms. The highest BCUT2D eigenvalue weighted by molar-refractivity contribution is 5.71. The van der Waals surface area contributed by atoms with Gasteiger partial charge in [-0.1, -0.05) is 32.4 Å². The van der Waals surface area contributed by atoms with Gasteiger partial charge in [0.2, 0.25) is 0 Å². The summed E-state index contributed by atoms with van der Waals surface area (Å²) in [5.41, 5.74) is 11.3. The SMILES string of the molecule is CCCC(CC)OC1=CC=CC(CNC(N)=O)(C2CCC(N)CC2)C1. The third-order valence-electron chi connectivity index (χ3n) is 5.77. The van der Waals surface area contributed by atoms with Crippen LogP contribution >= 0.6 is 0 Å². The van der Waals surface area contributed by atoms with Crippen molar-refractivity contribution in [2.75, 3.05) is 6.54 Å². The minimum absolute atomic E-state index is 0.121. The number of nitrogens with one attached hydrogen (secondary N) is 1. The lowest BCUT2D eigenvalue weighted by Gasteiger charge is -2.43. The molecule has 0 spiro atoms. The Morgan fingerprint density at radius 3 is 2.68 bits per heavy atom. The van der Waals surface area contributed by atoms with E-state index in [2.05, 4.69) is 37.4 Å². The molecule has 2 aliphatic carbocycles. The molecule has 5 N–H and O–H groups in total. The number of urea groups is 1. The summed E-state index contributed by atoms with van der Waals surface area (Å²) < 4.78 is 6.30. The average Bonchev–Trinajstić information content (AvgIpc) is 2.60. The van der Waals surface area contributed by atoms with Gasteiger partial charge in [0.1, 0.15) is 0 Å². The number of rotatable bonds is 8. The molecule has 2 atom stereocenters. The summed E-state index contributed by atoms with van der Waals surface area (Å²) in [5.74, 6) is 1.53. The predicted octanol–water partition coefficient (Wildman–Crippen LogP) is 3.60. The van der Waals surface area contributed by atoms with E-state index >= 15 is 0 Å². The number of amides is 2. The predicted molar refractivity (Wildman–Crippen MR) is 102 cm³/mol. The summed E-state index contributed by atoms with van der Waals surface area (Å²) in [5, 5.41) is 2.85. The molecule has 1 fully saturated rings. The lowest BCUT2D eigenvalue weighted by atomic mass is 9.64. The van der Waals surface area contributed by atoms with Crippen LogP contribution in [0, 0.1) is 11.3 Å². The molecule has 0 bridgehead atoms. The van der Waals surface area contributed by atoms with Crippen LogP contribution in [0.2, 0.25) is 0 Å². The van der Waals surface area contributed by atoms with Gasteiger partial charge in [-0.3, -0.25) is 0 Å². The van der Waals surface area contributed by atoms with E-state index in [1.807, 2.05) is 0 Å². The number of hydrogen-bond acceptors (Lipinski definition) is 3. The highest BCUT2D eigenvalue weighted by Gasteiger charge is 2.40. The van der Waals surface area contributed by atoms with Gasteiger partial charge < -0.3 is 21.5 Å². The average molecular weight is 350 g/mol. The van der Waals surface area contributed by atoms with Crippen LogP contribution in [-0.2, 0) is 4.74 Å². The van der Waals surface area contributed by atoms with E-state index in [0.29, 0.717) is 18.5 Å². The lowest BCUT2D eigenvalue weighted by Crippen LogP contribution is -2.46. The number of primary amides is 1. The second-order valence-corrected chi connectivity index (χ2v) is 7.67. The Morgan fingerprint density at radius 2 is 2.08 bits per heavy atom. The van der Waals surface area contributed by atoms with Crippen molar-refractivity contribution < 1.29 is 9.53 Å². The normalized spacial score (nSPS) is 30.4. The van der Waals surface area contributed by atoms with Crippen LogP contribution in [-0.4, -0.2) is 24.7 Å². The van der Waals surface area contributed by atoms with Gasteiger partial charge in [-0.15, -0.1) is 0 Å². The van der Waals surface area contributed by atoms with Crippen LogP contribution in [0.25, 0.3) is 0 Å². The topological polar surface area (TPSA) is 90.4 Å². The minimum atomic E-state index is -0.463. The van der Waals surface area contributed by atoms with Gasteiger partial charge in [0.15, 0.2) is 0 Å². The maximum absolute atomic E-state index is 11.3. The maximum Gasteiger partial charge on any atom is 0.312 e. The fraction of sp³-hybridized carbons (Fsp3) is 0.750. The molecule has 0 aliphatic heterocycles. The van der Waals surface area contributed by atoms with Gasteiger partial charge in [0, 0.05) is 24.4 Å². The van der Waals surface area contributed by atoms with Gasteiger partial charge in [0.25, 0.3) is 0 Å². The molecule has 2 aliphatic rings. The van der Waals surface area contributed by atoms with Crippen molar-refractivity contribution in [3.8, 4) is 0 Å². The molecule has 0 aromatic heterocycles. The summed E-state index contributed by atoms with van der Waals surface area (Å²) in [7, 11) is 0. The Morgan fingerprint density at radius 1 is 1.36 bits per heavy atom. The third-order valence-corrected chi connectivity index (χ3v) is 5.77. The van der Waals surface area contributed by atoms with E-state index in [1.165, 1.54) is 0 Å². The van der Waals surface area contributed by atoms with Gasteiger partial charge in [0.05, 0.1) is 11.9 Å². The standard InChI is InChI=1S/C20H35N3O2/c1-3-6-17(4-2)25-18-7-5-12-20(13-18,14-23-19(22)24)15-8-10-16(21)11-9-15/h5,7,12,15-17H,3-4,6,8-11,13-14,21H2,1-2H3,(H3,22,23,24). The van der Waals surface area contributed by atoms with Gasteiger partial charge in [-0.2, -0.15) is 0 Å². The van der Waals surface area contributed by atoms with Gasteiger partial charge in [-0.25, -0.2) is 4.79 Å². The zero-order valence-electron chi connectivity index (χ0n) is 15.8. The first-order valence-corrected chi connectivity index (χ1v) is 9.83. The molecule has 142 valence electrons. The monoisotopic (exact) mass is 349 g/mol. The van der Waals surface area contributed by atoms with Gasteiger partial charge >= 0.3 is 6.03 Å². The molecule has 0 saturated heterocycles. The number of nitrogens with two attached hydrogens (primary N) is 2. The number of carbonyl (C=O) groups is 1. The first-order chi connectivity index (χ1) is 12.0. The highest BCUT2D eigenvalue weighted by atomic mass is 16.5. The molecule has 5 heteroatoms. The highest BCUT2D eigenvalue weighted by Crippen LogP contribution is 2.45. The molecular formula is C20H35N3O2. The van der Waals surface area contributed by atoms with Crippen LogP contribution < -0.4 is 16.8 Å². The molecule has 0 aromatic carbocycles. The number of ether oxygens (including phenoxy) is 1. The second kappa shape index (κ2) is 9.27. The Hall–Kier alpha value is -1.49. The molecule has 0 aromatic rings. The molecule has 2 rings (SSSR count). The zero-order chi connectivity index (χ0) is 18.3. The zero-order valence-corrected chi connectivity index (χ0v) is 15.8. The van der Waals surface area contributed by atoms with Crippen molar-refractivity contribution in [1.82, 2.24) is 5.32 Å². The fourth-order valence-corrected chi connectivity index (χ4v) is 4.24. The van der Waals surface area contributed by atoms with Crippen LogP contribution in [0.15, 0.2) is 24.0 Å². The summed E-state index contributed by atoms with van der Waals surface area (Å²) in [6.07, 6.45) is 15.0. The number of carbonyl (C=O) groups excluding carboxylic acids is 1. The first-order valence-electron chi connectivity index (χ1n) is 9.83. The maximum atomic E-state index is 11.3. The molecule has 2 amide bonds. The van der Waals surface area contributed by atoms with E-state index in [9.17, 15) is 4.79 Å². The van der Waals surface area contributed by atoms with Gasteiger partial charge in [-0.05, 0) is 50.5 Å². The Labute approximate surface area is 152 Å². The van der Waals surface area contributed by atoms with E-state index in [4.69, 9.17) is 16.2 Å². The van der Waals surface area contributed by atoms with Crippen molar-refractivity contribution in [2.24, 2.45) is 22.8 Å². The summed E-state index contributed by atoms with van der Waals surface area (Å²) in [6, 6.07) is -0.153. The number of hydrogen-bond donors (Lipinski definition) is 3. The summed E-state index contributed by atoms with van der Waals surface area (Å²) in [6.45, 7) is 4.92. The van der Waals surface area contributed by atoms with E-state index < -0.39 is 6.03 Å². The lowest BCUT2D eigenvalue weighted by molar-refractivity contribution is 0.0668. The van der Waals surface area contributed by atoms with Crippen molar-refractivity contribution in [3.63, 3.8) is 0 Å².